The largest absolute Gasteiger partial charge is 0.493 e. The molecule has 2 heterocycles. The normalized spacial score (nSPS) is 25.2. The molecule has 0 radical (unpaired) electrons. The quantitative estimate of drug-likeness (QED) is 0.914. The molecule has 2 atom stereocenters. The second-order valence-corrected chi connectivity index (χ2v) is 6.02. The number of carbonyl (C=O) groups is 1. The van der Waals surface area contributed by atoms with E-state index in [1.807, 2.05) is 6.07 Å². The van der Waals surface area contributed by atoms with Crippen LogP contribution in [0.15, 0.2) is 16.6 Å². The smallest absolute Gasteiger partial charge is 0.144 e. The van der Waals surface area contributed by atoms with Crippen LogP contribution < -0.4 is 10.5 Å². The first kappa shape index (κ1) is 13.1. The highest BCUT2D eigenvalue weighted by Gasteiger charge is 2.32. The number of nitrogens with two attached hydrogens (primary N) is 1. The van der Waals surface area contributed by atoms with E-state index >= 15 is 0 Å². The lowest BCUT2D eigenvalue weighted by Crippen LogP contribution is -2.34. The minimum absolute atomic E-state index is 0.140. The van der Waals surface area contributed by atoms with Crippen LogP contribution in [0.5, 0.6) is 5.75 Å². The summed E-state index contributed by atoms with van der Waals surface area (Å²) in [5, 5.41) is 0. The predicted octanol–water partition coefficient (Wildman–Crippen LogP) is 1.47. The van der Waals surface area contributed by atoms with Crippen LogP contribution in [0.2, 0.25) is 0 Å². The fourth-order valence-corrected chi connectivity index (χ4v) is 3.25. The van der Waals surface area contributed by atoms with Crippen molar-refractivity contribution in [2.24, 2.45) is 11.7 Å². The van der Waals surface area contributed by atoms with E-state index in [4.69, 9.17) is 15.2 Å². The van der Waals surface area contributed by atoms with E-state index in [1.165, 1.54) is 5.56 Å². The Morgan fingerprint density at radius 1 is 1.42 bits per heavy atom. The maximum atomic E-state index is 12.3. The van der Waals surface area contributed by atoms with Crippen molar-refractivity contribution in [2.45, 2.75) is 18.9 Å². The maximum absolute atomic E-state index is 12.3. The highest BCUT2D eigenvalue weighted by Crippen LogP contribution is 2.34. The molecule has 2 aliphatic heterocycles. The van der Waals surface area contributed by atoms with Gasteiger partial charge in [-0.2, -0.15) is 0 Å². The minimum atomic E-state index is -0.184. The van der Waals surface area contributed by atoms with Crippen molar-refractivity contribution in [1.29, 1.82) is 0 Å². The van der Waals surface area contributed by atoms with Crippen LogP contribution >= 0.6 is 15.9 Å². The first-order chi connectivity index (χ1) is 9.15. The third kappa shape index (κ3) is 2.55. The molecular weight excluding hydrogens is 310 g/mol. The molecule has 1 saturated heterocycles. The summed E-state index contributed by atoms with van der Waals surface area (Å²) in [5.41, 5.74) is 8.01. The van der Waals surface area contributed by atoms with E-state index in [1.54, 1.807) is 0 Å². The summed E-state index contributed by atoms with van der Waals surface area (Å²) < 4.78 is 11.9. The average molecular weight is 326 g/mol. The van der Waals surface area contributed by atoms with Gasteiger partial charge in [0.1, 0.15) is 11.5 Å². The molecule has 2 N–H and O–H groups in total. The van der Waals surface area contributed by atoms with Crippen molar-refractivity contribution < 1.29 is 14.3 Å². The summed E-state index contributed by atoms with van der Waals surface area (Å²) in [6, 6.07) is 3.85. The van der Waals surface area contributed by atoms with Gasteiger partial charge in [0.25, 0.3) is 0 Å². The second kappa shape index (κ2) is 5.23. The van der Waals surface area contributed by atoms with Crippen LogP contribution in [-0.2, 0) is 22.4 Å². The van der Waals surface area contributed by atoms with Crippen LogP contribution in [0.3, 0.4) is 0 Å². The molecule has 0 saturated carbocycles. The molecule has 1 aromatic rings. The Morgan fingerprint density at radius 3 is 3.00 bits per heavy atom. The number of carbonyl (C=O) groups excluding carboxylic acids is 1. The fraction of sp³-hybridized carbons (Fsp3) is 0.500. The molecule has 3 rings (SSSR count). The van der Waals surface area contributed by atoms with E-state index in [2.05, 4.69) is 22.0 Å². The van der Waals surface area contributed by atoms with E-state index in [0.717, 1.165) is 22.2 Å². The SMILES string of the molecule is NC1COCC1C(=O)Cc1cc(Br)cc2c1OCC2. The number of halogens is 1. The third-order valence-corrected chi connectivity index (χ3v) is 4.19. The van der Waals surface area contributed by atoms with Gasteiger partial charge in [0.15, 0.2) is 0 Å². The Bertz CT molecular complexity index is 518. The molecule has 5 heteroatoms. The van der Waals surface area contributed by atoms with Crippen molar-refractivity contribution in [3.05, 3.63) is 27.7 Å². The average Bonchev–Trinajstić information content (AvgIpc) is 2.97. The molecule has 0 spiro atoms. The molecular formula is C14H16BrNO3. The number of benzene rings is 1. The van der Waals surface area contributed by atoms with Crippen LogP contribution in [0.4, 0.5) is 0 Å². The van der Waals surface area contributed by atoms with Crippen LogP contribution in [0, 0.1) is 5.92 Å². The van der Waals surface area contributed by atoms with Gasteiger partial charge in [0.05, 0.1) is 25.7 Å². The van der Waals surface area contributed by atoms with Crippen molar-refractivity contribution in [3.8, 4) is 5.75 Å². The molecule has 19 heavy (non-hydrogen) atoms. The Labute approximate surface area is 120 Å². The molecule has 4 nitrogen and oxygen atoms in total. The Balaban J connectivity index is 1.82. The van der Waals surface area contributed by atoms with E-state index in [0.29, 0.717) is 26.2 Å². The number of ketones is 1. The highest BCUT2D eigenvalue weighted by molar-refractivity contribution is 9.10. The lowest BCUT2D eigenvalue weighted by molar-refractivity contribution is -0.122. The number of fused-ring (bicyclic) bond motifs is 1. The molecule has 1 aromatic carbocycles. The van der Waals surface area contributed by atoms with Crippen molar-refractivity contribution in [3.63, 3.8) is 0 Å². The highest BCUT2D eigenvalue weighted by atomic mass is 79.9. The summed E-state index contributed by atoms with van der Waals surface area (Å²) in [7, 11) is 0. The van der Waals surface area contributed by atoms with Crippen LogP contribution in [0.25, 0.3) is 0 Å². The van der Waals surface area contributed by atoms with Crippen molar-refractivity contribution in [1.82, 2.24) is 0 Å². The summed E-state index contributed by atoms with van der Waals surface area (Å²) in [4.78, 5) is 12.3. The first-order valence-corrected chi connectivity index (χ1v) is 7.24. The van der Waals surface area contributed by atoms with Crippen LogP contribution in [0.1, 0.15) is 11.1 Å². The maximum Gasteiger partial charge on any atom is 0.144 e. The topological polar surface area (TPSA) is 61.5 Å². The van der Waals surface area contributed by atoms with Crippen molar-refractivity contribution >= 4 is 21.7 Å². The van der Waals surface area contributed by atoms with Crippen LogP contribution in [-0.4, -0.2) is 31.6 Å². The molecule has 2 unspecified atom stereocenters. The van der Waals surface area contributed by atoms with Gasteiger partial charge < -0.3 is 15.2 Å². The molecule has 1 fully saturated rings. The number of hydrogen-bond acceptors (Lipinski definition) is 4. The standard InChI is InChI=1S/C14H16BrNO3/c15-10-3-8-1-2-19-14(8)9(4-10)5-13(17)11-6-18-7-12(11)16/h3-4,11-12H,1-2,5-7,16H2. The lowest BCUT2D eigenvalue weighted by Gasteiger charge is -2.13. The molecule has 0 bridgehead atoms. The number of ether oxygens (including phenoxy) is 2. The summed E-state index contributed by atoms with van der Waals surface area (Å²) >= 11 is 3.48. The molecule has 2 aliphatic rings. The van der Waals surface area contributed by atoms with Gasteiger partial charge in [-0.05, 0) is 17.7 Å². The van der Waals surface area contributed by atoms with E-state index in [-0.39, 0.29) is 17.7 Å². The van der Waals surface area contributed by atoms with Gasteiger partial charge in [0.2, 0.25) is 0 Å². The minimum Gasteiger partial charge on any atom is -0.493 e. The Morgan fingerprint density at radius 2 is 2.26 bits per heavy atom. The van der Waals surface area contributed by atoms with Gasteiger partial charge in [-0.3, -0.25) is 4.79 Å². The van der Waals surface area contributed by atoms with Crippen molar-refractivity contribution in [2.75, 3.05) is 19.8 Å². The summed E-state index contributed by atoms with van der Waals surface area (Å²) in [6.45, 7) is 1.61. The Kier molecular flexibility index (Phi) is 3.60. The lowest BCUT2D eigenvalue weighted by atomic mass is 9.93. The number of hydrogen-bond donors (Lipinski definition) is 1. The van der Waals surface area contributed by atoms with Gasteiger partial charge in [-0.1, -0.05) is 15.9 Å². The zero-order chi connectivity index (χ0) is 13.4. The fourth-order valence-electron chi connectivity index (χ4n) is 2.70. The number of rotatable bonds is 3. The Hall–Kier alpha value is -0.910. The third-order valence-electron chi connectivity index (χ3n) is 3.73. The zero-order valence-electron chi connectivity index (χ0n) is 10.5. The zero-order valence-corrected chi connectivity index (χ0v) is 12.1. The van der Waals surface area contributed by atoms with Gasteiger partial charge >= 0.3 is 0 Å². The molecule has 0 amide bonds. The summed E-state index contributed by atoms with van der Waals surface area (Å²) in [6.07, 6.45) is 1.27. The molecule has 102 valence electrons. The van der Waals surface area contributed by atoms with Gasteiger partial charge in [0, 0.05) is 28.9 Å². The monoisotopic (exact) mass is 325 g/mol. The number of Topliss-reactive ketones (excluding diaryl/α,β-unsaturated/α-hetero) is 1. The van der Waals surface area contributed by atoms with E-state index < -0.39 is 0 Å². The molecule has 0 aromatic heterocycles. The van der Waals surface area contributed by atoms with E-state index in [9.17, 15) is 4.79 Å². The molecule has 0 aliphatic carbocycles. The first-order valence-electron chi connectivity index (χ1n) is 6.45. The van der Waals surface area contributed by atoms with Gasteiger partial charge in [-0.15, -0.1) is 0 Å². The predicted molar refractivity (Wildman–Crippen MR) is 74.3 cm³/mol. The second-order valence-electron chi connectivity index (χ2n) is 5.10. The van der Waals surface area contributed by atoms with Gasteiger partial charge in [-0.25, -0.2) is 0 Å². The summed E-state index contributed by atoms with van der Waals surface area (Å²) in [5.74, 6) is 0.834.